The first-order valence-electron chi connectivity index (χ1n) is 8.49. The maximum Gasteiger partial charge on any atom is 0.349 e. The summed E-state index contributed by atoms with van der Waals surface area (Å²) in [5.41, 5.74) is -0.244. The second-order valence-corrected chi connectivity index (χ2v) is 6.95. The third-order valence-corrected chi connectivity index (χ3v) is 4.79. The first kappa shape index (κ1) is 21.8. The minimum Gasteiger partial charge on any atom is -0.497 e. The van der Waals surface area contributed by atoms with Gasteiger partial charge in [-0.05, 0) is 29.8 Å². The van der Waals surface area contributed by atoms with Crippen LogP contribution in [0.4, 0.5) is 18.3 Å². The van der Waals surface area contributed by atoms with Gasteiger partial charge in [0.15, 0.2) is 29.2 Å². The van der Waals surface area contributed by atoms with E-state index in [0.29, 0.717) is 22.6 Å². The second kappa shape index (κ2) is 9.27. The lowest BCUT2D eigenvalue weighted by atomic mass is 10.1. The molecule has 158 valence electrons. The third kappa shape index (κ3) is 4.99. The lowest BCUT2D eigenvalue weighted by Gasteiger charge is -2.04. The number of ether oxygens (including phenoxy) is 2. The molecule has 0 saturated heterocycles. The average Bonchev–Trinajstić information content (AvgIpc) is 3.16. The van der Waals surface area contributed by atoms with E-state index in [-0.39, 0.29) is 15.4 Å². The van der Waals surface area contributed by atoms with Crippen LogP contribution in [0.25, 0.3) is 16.3 Å². The van der Waals surface area contributed by atoms with Gasteiger partial charge in [-0.1, -0.05) is 23.5 Å². The topological polar surface area (TPSA) is 101 Å². The van der Waals surface area contributed by atoms with Crippen LogP contribution in [0.5, 0.6) is 5.75 Å². The molecular weight excluding hydrogens is 435 g/mol. The van der Waals surface area contributed by atoms with Gasteiger partial charge in [0.05, 0.1) is 11.8 Å². The minimum absolute atomic E-state index is 0.0158. The number of hydrogen-bond donors (Lipinski definition) is 1. The molecule has 0 bridgehead atoms. The molecule has 0 aliphatic heterocycles. The normalized spacial score (nSPS) is 11.1. The van der Waals surface area contributed by atoms with Crippen LogP contribution in [0.15, 0.2) is 35.9 Å². The van der Waals surface area contributed by atoms with Gasteiger partial charge < -0.3 is 9.47 Å². The number of methoxy groups -OCH3 is 1. The molecule has 0 fully saturated rings. The van der Waals surface area contributed by atoms with E-state index in [1.807, 2.05) is 0 Å². The number of nitriles is 1. The van der Waals surface area contributed by atoms with Crippen LogP contribution in [-0.2, 0) is 14.3 Å². The van der Waals surface area contributed by atoms with Crippen molar-refractivity contribution in [1.29, 1.82) is 5.26 Å². The maximum atomic E-state index is 13.7. The highest BCUT2D eigenvalue weighted by molar-refractivity contribution is 7.22. The van der Waals surface area contributed by atoms with Crippen LogP contribution >= 0.6 is 11.3 Å². The number of benzene rings is 2. The molecule has 0 saturated carbocycles. The van der Waals surface area contributed by atoms with E-state index in [1.165, 1.54) is 13.2 Å². The Bertz CT molecular complexity index is 1230. The molecule has 1 aromatic heterocycles. The third-order valence-electron chi connectivity index (χ3n) is 3.87. The number of aromatic nitrogens is 1. The number of thiazole rings is 1. The number of halogens is 3. The van der Waals surface area contributed by atoms with Gasteiger partial charge in [0.1, 0.15) is 22.9 Å². The van der Waals surface area contributed by atoms with Crippen molar-refractivity contribution < 1.29 is 32.2 Å². The van der Waals surface area contributed by atoms with Gasteiger partial charge in [-0.25, -0.2) is 22.9 Å². The zero-order chi connectivity index (χ0) is 22.5. The van der Waals surface area contributed by atoms with E-state index in [4.69, 9.17) is 14.7 Å². The van der Waals surface area contributed by atoms with E-state index in [2.05, 4.69) is 10.3 Å². The zero-order valence-electron chi connectivity index (χ0n) is 15.7. The zero-order valence-corrected chi connectivity index (χ0v) is 16.6. The highest BCUT2D eigenvalue weighted by Gasteiger charge is 2.19. The smallest absolute Gasteiger partial charge is 0.349 e. The molecular formula is C20H12F3N3O4S. The van der Waals surface area contributed by atoms with Gasteiger partial charge in [-0.15, -0.1) is 0 Å². The number of nitrogens with one attached hydrogen (secondary N) is 1. The molecule has 1 heterocycles. The second-order valence-electron chi connectivity index (χ2n) is 5.92. The molecule has 11 heteroatoms. The van der Waals surface area contributed by atoms with Crippen molar-refractivity contribution in [3.63, 3.8) is 0 Å². The fourth-order valence-corrected chi connectivity index (χ4v) is 3.30. The van der Waals surface area contributed by atoms with Crippen molar-refractivity contribution in [3.05, 3.63) is 58.9 Å². The quantitative estimate of drug-likeness (QED) is 0.267. The first-order chi connectivity index (χ1) is 14.8. The van der Waals surface area contributed by atoms with Crippen LogP contribution in [0, 0.1) is 28.8 Å². The highest BCUT2D eigenvalue weighted by atomic mass is 32.1. The monoisotopic (exact) mass is 447 g/mol. The summed E-state index contributed by atoms with van der Waals surface area (Å²) >= 11 is 0.708. The standard InChI is InChI=1S/C20H12F3N3O4S/c1-29-12-4-2-10(3-5-12)6-11(8-24)19(28)30-9-15(27)25-20-26-18-14(31-20)7-13(21)16(22)17(18)23/h2-7H,9H2,1H3,(H,25,26,27)/b11-6+. The largest absolute Gasteiger partial charge is 0.497 e. The van der Waals surface area contributed by atoms with Crippen LogP contribution < -0.4 is 10.1 Å². The molecule has 0 radical (unpaired) electrons. The number of anilines is 1. The first-order valence-corrected chi connectivity index (χ1v) is 9.31. The molecule has 2 aromatic carbocycles. The molecule has 1 N–H and O–H groups in total. The Hall–Kier alpha value is -3.91. The lowest BCUT2D eigenvalue weighted by Crippen LogP contribution is -2.21. The molecule has 31 heavy (non-hydrogen) atoms. The molecule has 7 nitrogen and oxygen atoms in total. The van der Waals surface area contributed by atoms with Crippen molar-refractivity contribution in [2.24, 2.45) is 0 Å². The van der Waals surface area contributed by atoms with E-state index >= 15 is 0 Å². The van der Waals surface area contributed by atoms with E-state index in [9.17, 15) is 22.8 Å². The SMILES string of the molecule is COc1ccc(/C=C(\C#N)C(=O)OCC(=O)Nc2nc3c(F)c(F)c(F)cc3s2)cc1. The van der Waals surface area contributed by atoms with Gasteiger partial charge in [-0.3, -0.25) is 10.1 Å². The van der Waals surface area contributed by atoms with E-state index < -0.39 is 41.5 Å². The van der Waals surface area contributed by atoms with Gasteiger partial charge >= 0.3 is 5.97 Å². The summed E-state index contributed by atoms with van der Waals surface area (Å²) in [6, 6.07) is 8.95. The van der Waals surface area contributed by atoms with Crippen molar-refractivity contribution >= 4 is 44.6 Å². The Labute approximate surface area is 177 Å². The van der Waals surface area contributed by atoms with Crippen molar-refractivity contribution in [3.8, 4) is 11.8 Å². The minimum atomic E-state index is -1.67. The van der Waals surface area contributed by atoms with E-state index in [0.717, 1.165) is 6.07 Å². The van der Waals surface area contributed by atoms with Crippen molar-refractivity contribution in [2.45, 2.75) is 0 Å². The predicted molar refractivity (Wildman–Crippen MR) is 106 cm³/mol. The fraction of sp³-hybridized carbons (Fsp3) is 0.100. The Morgan fingerprint density at radius 3 is 2.58 bits per heavy atom. The summed E-state index contributed by atoms with van der Waals surface area (Å²) in [6.45, 7) is -0.762. The van der Waals surface area contributed by atoms with Crippen LogP contribution in [0.2, 0.25) is 0 Å². The number of esters is 1. The summed E-state index contributed by atoms with van der Waals surface area (Å²) in [5.74, 6) is -5.80. The molecule has 0 aliphatic rings. The van der Waals surface area contributed by atoms with Crippen molar-refractivity contribution in [2.75, 3.05) is 19.0 Å². The Morgan fingerprint density at radius 2 is 1.94 bits per heavy atom. The number of amides is 1. The molecule has 0 atom stereocenters. The van der Waals surface area contributed by atoms with Gasteiger partial charge in [0, 0.05) is 0 Å². The summed E-state index contributed by atoms with van der Waals surface area (Å²) in [6.07, 6.45) is 1.28. The number of nitrogens with zero attached hydrogens (tertiary/aromatic N) is 2. The summed E-state index contributed by atoms with van der Waals surface area (Å²) in [5, 5.41) is 11.3. The maximum absolute atomic E-state index is 13.7. The Kier molecular flexibility index (Phi) is 6.52. The average molecular weight is 447 g/mol. The fourth-order valence-electron chi connectivity index (χ4n) is 2.40. The summed E-state index contributed by atoms with van der Waals surface area (Å²) in [4.78, 5) is 27.7. The summed E-state index contributed by atoms with van der Waals surface area (Å²) in [7, 11) is 1.50. The number of hydrogen-bond acceptors (Lipinski definition) is 7. The number of rotatable bonds is 6. The van der Waals surface area contributed by atoms with Crippen LogP contribution in [-0.4, -0.2) is 30.6 Å². The highest BCUT2D eigenvalue weighted by Crippen LogP contribution is 2.30. The van der Waals surface area contributed by atoms with Crippen LogP contribution in [0.3, 0.4) is 0 Å². The lowest BCUT2D eigenvalue weighted by molar-refractivity contribution is -0.142. The Morgan fingerprint density at radius 1 is 1.23 bits per heavy atom. The summed E-state index contributed by atoms with van der Waals surface area (Å²) < 4.78 is 50.1. The number of fused-ring (bicyclic) bond motifs is 1. The van der Waals surface area contributed by atoms with Gasteiger partial charge in [0.25, 0.3) is 5.91 Å². The number of carbonyl (C=O) groups is 2. The molecule has 3 aromatic rings. The van der Waals surface area contributed by atoms with Gasteiger partial charge in [0.2, 0.25) is 0 Å². The van der Waals surface area contributed by atoms with Crippen LogP contribution in [0.1, 0.15) is 5.56 Å². The Balaban J connectivity index is 1.63. The molecule has 1 amide bonds. The molecule has 3 rings (SSSR count). The molecule has 0 spiro atoms. The van der Waals surface area contributed by atoms with Crippen molar-refractivity contribution in [1.82, 2.24) is 4.98 Å². The van der Waals surface area contributed by atoms with Gasteiger partial charge in [-0.2, -0.15) is 5.26 Å². The van der Waals surface area contributed by atoms with E-state index in [1.54, 1.807) is 30.3 Å². The molecule has 0 aliphatic carbocycles. The molecule has 0 unspecified atom stereocenters. The predicted octanol–water partition coefficient (Wildman–Crippen LogP) is 3.81. The number of carbonyl (C=O) groups excluding carboxylic acids is 2.